The number of hydrogen-bond donors (Lipinski definition) is 1. The molecule has 1 aromatic heterocycles. The lowest BCUT2D eigenvalue weighted by Crippen LogP contribution is -2.18. The van der Waals surface area contributed by atoms with E-state index in [9.17, 15) is 8.78 Å². The molecule has 21 heavy (non-hydrogen) atoms. The van der Waals surface area contributed by atoms with Gasteiger partial charge in [-0.25, -0.2) is 13.8 Å². The average molecular weight is 291 g/mol. The number of anilines is 2. The van der Waals surface area contributed by atoms with Crippen LogP contribution in [-0.2, 0) is 6.54 Å². The number of halogens is 2. The first-order valence-electron chi connectivity index (χ1n) is 6.97. The van der Waals surface area contributed by atoms with E-state index in [2.05, 4.69) is 17.2 Å². The summed E-state index contributed by atoms with van der Waals surface area (Å²) in [6, 6.07) is 7.66. The molecule has 0 aliphatic rings. The number of pyridine rings is 1. The van der Waals surface area contributed by atoms with Gasteiger partial charge in [0.25, 0.3) is 0 Å². The Balaban J connectivity index is 2.25. The lowest BCUT2D eigenvalue weighted by Gasteiger charge is -2.20. The minimum atomic E-state index is -0.382. The molecular formula is C16H19F2N3. The number of aromatic nitrogens is 1. The van der Waals surface area contributed by atoms with Crippen molar-refractivity contribution in [1.29, 1.82) is 0 Å². The van der Waals surface area contributed by atoms with E-state index in [1.807, 2.05) is 0 Å². The van der Waals surface area contributed by atoms with Crippen LogP contribution >= 0.6 is 0 Å². The molecule has 112 valence electrons. The predicted octanol–water partition coefficient (Wildman–Crippen LogP) is 3.63. The van der Waals surface area contributed by atoms with Crippen LogP contribution in [0.4, 0.5) is 20.3 Å². The highest BCUT2D eigenvalue weighted by molar-refractivity contribution is 5.60. The van der Waals surface area contributed by atoms with E-state index in [0.717, 1.165) is 13.0 Å². The number of rotatable bonds is 6. The van der Waals surface area contributed by atoms with Gasteiger partial charge in [0.15, 0.2) is 11.6 Å². The van der Waals surface area contributed by atoms with Crippen molar-refractivity contribution in [2.45, 2.75) is 19.9 Å². The Kier molecular flexibility index (Phi) is 5.22. The van der Waals surface area contributed by atoms with E-state index in [0.29, 0.717) is 17.8 Å². The molecule has 0 spiro atoms. The van der Waals surface area contributed by atoms with Crippen molar-refractivity contribution in [3.05, 3.63) is 53.7 Å². The molecule has 0 unspecified atom stereocenters. The van der Waals surface area contributed by atoms with Crippen molar-refractivity contribution in [2.75, 3.05) is 18.5 Å². The summed E-state index contributed by atoms with van der Waals surface area (Å²) in [5, 5.41) is 3.16. The third-order valence-corrected chi connectivity index (χ3v) is 3.21. The van der Waals surface area contributed by atoms with Crippen LogP contribution in [0.25, 0.3) is 0 Å². The van der Waals surface area contributed by atoms with Crippen LogP contribution in [0, 0.1) is 11.6 Å². The second kappa shape index (κ2) is 7.13. The summed E-state index contributed by atoms with van der Waals surface area (Å²) in [5.74, 6) is -0.551. The van der Waals surface area contributed by atoms with Crippen molar-refractivity contribution in [3.8, 4) is 0 Å². The second-order valence-corrected chi connectivity index (χ2v) is 4.82. The zero-order valence-corrected chi connectivity index (χ0v) is 12.2. The van der Waals surface area contributed by atoms with Crippen LogP contribution < -0.4 is 10.2 Å². The molecule has 3 nitrogen and oxygen atoms in total. The van der Waals surface area contributed by atoms with Gasteiger partial charge in [0.05, 0.1) is 0 Å². The Hall–Kier alpha value is -2.01. The summed E-state index contributed by atoms with van der Waals surface area (Å²) >= 11 is 0. The number of nitrogens with zero attached hydrogens (tertiary/aromatic N) is 2. The highest BCUT2D eigenvalue weighted by atomic mass is 19.1. The first-order chi connectivity index (χ1) is 10.1. The summed E-state index contributed by atoms with van der Waals surface area (Å²) in [6.45, 7) is 3.34. The zero-order chi connectivity index (χ0) is 15.2. The summed E-state index contributed by atoms with van der Waals surface area (Å²) in [7, 11) is 1.67. The van der Waals surface area contributed by atoms with E-state index < -0.39 is 0 Å². The Morgan fingerprint density at radius 1 is 1.24 bits per heavy atom. The highest BCUT2D eigenvalue weighted by Gasteiger charge is 2.14. The largest absolute Gasteiger partial charge is 0.327 e. The topological polar surface area (TPSA) is 28.2 Å². The molecular weight excluding hydrogens is 272 g/mol. The summed E-state index contributed by atoms with van der Waals surface area (Å²) in [6.07, 6.45) is 2.56. The normalized spacial score (nSPS) is 10.7. The van der Waals surface area contributed by atoms with Crippen molar-refractivity contribution < 1.29 is 8.78 Å². The van der Waals surface area contributed by atoms with Gasteiger partial charge in [-0.05, 0) is 37.2 Å². The first kappa shape index (κ1) is 15.4. The zero-order valence-electron chi connectivity index (χ0n) is 12.2. The van der Waals surface area contributed by atoms with Crippen LogP contribution in [0.1, 0.15) is 18.9 Å². The maximum atomic E-state index is 14.5. The van der Waals surface area contributed by atoms with Crippen LogP contribution in [0.3, 0.4) is 0 Å². The van der Waals surface area contributed by atoms with Crippen molar-refractivity contribution in [3.63, 3.8) is 0 Å². The van der Waals surface area contributed by atoms with Crippen molar-refractivity contribution >= 4 is 11.5 Å². The lowest BCUT2D eigenvalue weighted by molar-refractivity contribution is 0.581. The quantitative estimate of drug-likeness (QED) is 0.824. The first-order valence-corrected chi connectivity index (χ1v) is 6.97. The van der Waals surface area contributed by atoms with E-state index in [1.54, 1.807) is 36.3 Å². The Morgan fingerprint density at radius 2 is 2.05 bits per heavy atom. The maximum Gasteiger partial charge on any atom is 0.170 e. The highest BCUT2D eigenvalue weighted by Crippen LogP contribution is 2.26. The monoisotopic (exact) mass is 291 g/mol. The fraction of sp³-hybridized carbons (Fsp3) is 0.312. The van der Waals surface area contributed by atoms with Gasteiger partial charge < -0.3 is 10.2 Å². The summed E-state index contributed by atoms with van der Waals surface area (Å²) in [4.78, 5) is 5.62. The smallest absolute Gasteiger partial charge is 0.170 e. The molecule has 0 fully saturated rings. The Morgan fingerprint density at radius 3 is 2.76 bits per heavy atom. The third kappa shape index (κ3) is 3.76. The molecule has 0 aliphatic heterocycles. The van der Waals surface area contributed by atoms with Gasteiger partial charge in [-0.3, -0.25) is 0 Å². The Bertz CT molecular complexity index is 602. The maximum absolute atomic E-state index is 14.5. The fourth-order valence-electron chi connectivity index (χ4n) is 2.05. The van der Waals surface area contributed by atoms with Gasteiger partial charge in [-0.2, -0.15) is 0 Å². The third-order valence-electron chi connectivity index (χ3n) is 3.21. The lowest BCUT2D eigenvalue weighted by atomic mass is 10.2. The van der Waals surface area contributed by atoms with E-state index in [1.165, 1.54) is 12.1 Å². The SMILES string of the molecule is CCCNCc1ccnc(N(C)c2cccc(F)c2)c1F. The fourth-order valence-corrected chi connectivity index (χ4v) is 2.05. The van der Waals surface area contributed by atoms with Gasteiger partial charge in [0.2, 0.25) is 0 Å². The van der Waals surface area contributed by atoms with Crippen LogP contribution in [0.5, 0.6) is 0 Å². The molecule has 0 saturated heterocycles. The van der Waals surface area contributed by atoms with Gasteiger partial charge >= 0.3 is 0 Å². The summed E-state index contributed by atoms with van der Waals surface area (Å²) < 4.78 is 27.8. The Labute approximate surface area is 123 Å². The summed E-state index contributed by atoms with van der Waals surface area (Å²) in [5.41, 5.74) is 1.11. The number of hydrogen-bond acceptors (Lipinski definition) is 3. The number of nitrogens with one attached hydrogen (secondary N) is 1. The molecule has 1 aromatic carbocycles. The van der Waals surface area contributed by atoms with E-state index in [-0.39, 0.29) is 17.5 Å². The molecule has 0 atom stereocenters. The molecule has 1 heterocycles. The predicted molar refractivity (Wildman–Crippen MR) is 80.7 cm³/mol. The minimum Gasteiger partial charge on any atom is -0.327 e. The van der Waals surface area contributed by atoms with Gasteiger partial charge in [0.1, 0.15) is 5.82 Å². The van der Waals surface area contributed by atoms with Gasteiger partial charge in [-0.15, -0.1) is 0 Å². The van der Waals surface area contributed by atoms with Crippen LogP contribution in [0.15, 0.2) is 36.5 Å². The van der Waals surface area contributed by atoms with Crippen LogP contribution in [0.2, 0.25) is 0 Å². The molecule has 0 amide bonds. The molecule has 0 aliphatic carbocycles. The molecule has 0 bridgehead atoms. The minimum absolute atomic E-state index is 0.191. The van der Waals surface area contributed by atoms with Crippen molar-refractivity contribution in [1.82, 2.24) is 10.3 Å². The standard InChI is InChI=1S/C16H19F2N3/c1-3-8-19-11-12-7-9-20-16(15(12)18)21(2)14-6-4-5-13(17)10-14/h4-7,9-10,19H,3,8,11H2,1-2H3. The molecule has 5 heteroatoms. The molecule has 0 radical (unpaired) electrons. The molecule has 0 saturated carbocycles. The molecule has 2 aromatic rings. The van der Waals surface area contributed by atoms with Gasteiger partial charge in [-0.1, -0.05) is 13.0 Å². The second-order valence-electron chi connectivity index (χ2n) is 4.82. The van der Waals surface area contributed by atoms with E-state index in [4.69, 9.17) is 0 Å². The average Bonchev–Trinajstić information content (AvgIpc) is 2.48. The number of benzene rings is 1. The molecule has 1 N–H and O–H groups in total. The van der Waals surface area contributed by atoms with Gasteiger partial charge in [0, 0.05) is 31.0 Å². The molecule has 2 rings (SSSR count). The van der Waals surface area contributed by atoms with Crippen LogP contribution in [-0.4, -0.2) is 18.6 Å². The van der Waals surface area contributed by atoms with E-state index >= 15 is 0 Å². The van der Waals surface area contributed by atoms with Crippen molar-refractivity contribution in [2.24, 2.45) is 0 Å².